The molecular formula is C18H24N2O. The van der Waals surface area contributed by atoms with Crippen molar-refractivity contribution in [3.8, 4) is 5.75 Å². The highest BCUT2D eigenvalue weighted by atomic mass is 16.3. The van der Waals surface area contributed by atoms with E-state index in [1.807, 2.05) is 31.3 Å². The van der Waals surface area contributed by atoms with Crippen LogP contribution in [0.4, 0.5) is 0 Å². The normalized spacial score (nSPS) is 21.0. The van der Waals surface area contributed by atoms with Crippen LogP contribution in [0.3, 0.4) is 0 Å². The fourth-order valence-corrected chi connectivity index (χ4v) is 3.61. The first-order valence-electron chi connectivity index (χ1n) is 7.83. The molecular weight excluding hydrogens is 260 g/mol. The van der Waals surface area contributed by atoms with Gasteiger partial charge in [0.25, 0.3) is 0 Å². The number of hydrogen-bond donors (Lipinski definition) is 2. The maximum Gasteiger partial charge on any atom is 0.128 e. The topological polar surface area (TPSA) is 35.5 Å². The van der Waals surface area contributed by atoms with E-state index < -0.39 is 0 Å². The van der Waals surface area contributed by atoms with Crippen LogP contribution >= 0.6 is 0 Å². The largest absolute Gasteiger partial charge is 0.507 e. The van der Waals surface area contributed by atoms with Gasteiger partial charge >= 0.3 is 0 Å². The first kappa shape index (κ1) is 14.4. The van der Waals surface area contributed by atoms with Crippen LogP contribution in [-0.2, 0) is 0 Å². The lowest BCUT2D eigenvalue weighted by Crippen LogP contribution is -2.38. The van der Waals surface area contributed by atoms with Crippen molar-refractivity contribution in [3.63, 3.8) is 0 Å². The number of likely N-dealkylation sites (tertiary alicyclic amines) is 1. The Kier molecular flexibility index (Phi) is 4.13. The fourth-order valence-electron chi connectivity index (χ4n) is 3.61. The highest BCUT2D eigenvalue weighted by Crippen LogP contribution is 2.37. The van der Waals surface area contributed by atoms with Crippen LogP contribution in [0.25, 0.3) is 10.8 Å². The Morgan fingerprint density at radius 1 is 1.29 bits per heavy atom. The van der Waals surface area contributed by atoms with Gasteiger partial charge in [0.05, 0.1) is 0 Å². The van der Waals surface area contributed by atoms with Gasteiger partial charge in [-0.25, -0.2) is 0 Å². The second kappa shape index (κ2) is 6.04. The summed E-state index contributed by atoms with van der Waals surface area (Å²) in [5.41, 5.74) is 1.04. The molecule has 3 heteroatoms. The van der Waals surface area contributed by atoms with Gasteiger partial charge in [-0.05, 0) is 38.7 Å². The summed E-state index contributed by atoms with van der Waals surface area (Å²) in [5, 5.41) is 16.0. The summed E-state index contributed by atoms with van der Waals surface area (Å²) in [7, 11) is 2.01. The number of nitrogens with one attached hydrogen (secondary N) is 1. The van der Waals surface area contributed by atoms with Crippen molar-refractivity contribution in [2.45, 2.75) is 31.8 Å². The Morgan fingerprint density at radius 3 is 2.90 bits per heavy atom. The van der Waals surface area contributed by atoms with Crippen LogP contribution in [0.1, 0.15) is 31.4 Å². The lowest BCUT2D eigenvalue weighted by Gasteiger charge is -2.31. The molecule has 2 unspecified atom stereocenters. The van der Waals surface area contributed by atoms with Gasteiger partial charge in [-0.1, -0.05) is 36.4 Å². The zero-order valence-corrected chi connectivity index (χ0v) is 12.8. The molecule has 0 saturated carbocycles. The maximum atomic E-state index is 10.7. The predicted octanol–water partition coefficient (Wildman–Crippen LogP) is 3.29. The molecule has 2 N–H and O–H groups in total. The van der Waals surface area contributed by atoms with Gasteiger partial charge in [0, 0.05) is 29.6 Å². The quantitative estimate of drug-likeness (QED) is 0.904. The number of aromatic hydroxyl groups is 1. The average Bonchev–Trinajstić information content (AvgIpc) is 2.96. The second-order valence-corrected chi connectivity index (χ2v) is 5.99. The fraction of sp³-hybridized carbons (Fsp3) is 0.444. The van der Waals surface area contributed by atoms with E-state index in [4.69, 9.17) is 0 Å². The Hall–Kier alpha value is -1.58. The first-order valence-corrected chi connectivity index (χ1v) is 7.83. The lowest BCUT2D eigenvalue weighted by molar-refractivity contribution is 0.188. The van der Waals surface area contributed by atoms with Gasteiger partial charge in [0.2, 0.25) is 0 Å². The molecule has 3 rings (SSSR count). The number of hydrogen-bond acceptors (Lipinski definition) is 3. The summed E-state index contributed by atoms with van der Waals surface area (Å²) in [6.45, 7) is 4.33. The Labute approximate surface area is 126 Å². The van der Waals surface area contributed by atoms with Crippen molar-refractivity contribution in [2.24, 2.45) is 0 Å². The number of rotatable bonds is 4. The van der Waals surface area contributed by atoms with Crippen LogP contribution in [-0.4, -0.2) is 36.2 Å². The Morgan fingerprint density at radius 2 is 2.10 bits per heavy atom. The smallest absolute Gasteiger partial charge is 0.128 e. The van der Waals surface area contributed by atoms with Crippen molar-refractivity contribution in [2.75, 3.05) is 20.1 Å². The summed E-state index contributed by atoms with van der Waals surface area (Å²) < 4.78 is 0. The minimum atomic E-state index is 0.246. The molecule has 0 bridgehead atoms. The summed E-state index contributed by atoms with van der Waals surface area (Å²) in [4.78, 5) is 2.51. The summed E-state index contributed by atoms with van der Waals surface area (Å²) in [5.74, 6) is 0.440. The summed E-state index contributed by atoms with van der Waals surface area (Å²) in [6.07, 6.45) is 2.48. The van der Waals surface area contributed by atoms with Crippen molar-refractivity contribution < 1.29 is 5.11 Å². The zero-order chi connectivity index (χ0) is 14.8. The van der Waals surface area contributed by atoms with Gasteiger partial charge in [-0.3, -0.25) is 4.90 Å². The number of nitrogens with zero attached hydrogens (tertiary/aromatic N) is 1. The molecule has 3 nitrogen and oxygen atoms in total. The number of phenols is 1. The standard InChI is InChI=1S/C18H24N2O/c1-13(20-11-5-7-15(20)12-19-2)16-10-9-14-6-3-4-8-17(14)18(16)21/h3-4,6,8-10,13,15,19,21H,5,7,11-12H2,1-2H3. The van der Waals surface area contributed by atoms with E-state index in [0.717, 1.165) is 29.4 Å². The van der Waals surface area contributed by atoms with Gasteiger partial charge in [-0.2, -0.15) is 0 Å². The summed E-state index contributed by atoms with van der Waals surface area (Å²) >= 11 is 0. The van der Waals surface area contributed by atoms with E-state index in [1.54, 1.807) is 0 Å². The SMILES string of the molecule is CNCC1CCCN1C(C)c1ccc2ccccc2c1O. The van der Waals surface area contributed by atoms with Gasteiger partial charge in [0.1, 0.15) is 5.75 Å². The van der Waals surface area contributed by atoms with Crippen molar-refractivity contribution >= 4 is 10.8 Å². The maximum absolute atomic E-state index is 10.7. The number of likely N-dealkylation sites (N-methyl/N-ethyl adjacent to an activating group) is 1. The lowest BCUT2D eigenvalue weighted by atomic mass is 9.99. The molecule has 1 aliphatic heterocycles. The molecule has 21 heavy (non-hydrogen) atoms. The molecule has 1 fully saturated rings. The van der Waals surface area contributed by atoms with Crippen LogP contribution in [0, 0.1) is 0 Å². The number of benzene rings is 2. The first-order chi connectivity index (χ1) is 10.2. The average molecular weight is 284 g/mol. The van der Waals surface area contributed by atoms with Crippen LogP contribution in [0.2, 0.25) is 0 Å². The van der Waals surface area contributed by atoms with E-state index >= 15 is 0 Å². The van der Waals surface area contributed by atoms with E-state index in [1.165, 1.54) is 12.8 Å². The summed E-state index contributed by atoms with van der Waals surface area (Å²) in [6, 6.07) is 13.0. The minimum Gasteiger partial charge on any atom is -0.507 e. The molecule has 0 aromatic heterocycles. The molecule has 0 radical (unpaired) electrons. The van der Waals surface area contributed by atoms with Crippen LogP contribution in [0.5, 0.6) is 5.75 Å². The third-order valence-electron chi connectivity index (χ3n) is 4.74. The number of phenolic OH excluding ortho intramolecular Hbond substituents is 1. The zero-order valence-electron chi connectivity index (χ0n) is 12.8. The molecule has 0 aliphatic carbocycles. The van der Waals surface area contributed by atoms with Crippen LogP contribution in [0.15, 0.2) is 36.4 Å². The molecule has 2 aromatic rings. The molecule has 0 spiro atoms. The Balaban J connectivity index is 1.94. The van der Waals surface area contributed by atoms with E-state index in [2.05, 4.69) is 29.3 Å². The van der Waals surface area contributed by atoms with Gasteiger partial charge in [0.15, 0.2) is 0 Å². The van der Waals surface area contributed by atoms with E-state index in [9.17, 15) is 5.11 Å². The van der Waals surface area contributed by atoms with Gasteiger partial charge in [-0.15, -0.1) is 0 Å². The molecule has 2 atom stereocenters. The molecule has 0 amide bonds. The highest BCUT2D eigenvalue weighted by molar-refractivity contribution is 5.89. The predicted molar refractivity (Wildman–Crippen MR) is 87.7 cm³/mol. The molecule has 1 saturated heterocycles. The molecule has 2 aromatic carbocycles. The third-order valence-corrected chi connectivity index (χ3v) is 4.74. The van der Waals surface area contributed by atoms with E-state index in [-0.39, 0.29) is 6.04 Å². The van der Waals surface area contributed by atoms with Crippen molar-refractivity contribution in [3.05, 3.63) is 42.0 Å². The second-order valence-electron chi connectivity index (χ2n) is 5.99. The third kappa shape index (κ3) is 2.63. The van der Waals surface area contributed by atoms with Gasteiger partial charge < -0.3 is 10.4 Å². The van der Waals surface area contributed by atoms with Crippen molar-refractivity contribution in [1.82, 2.24) is 10.2 Å². The highest BCUT2D eigenvalue weighted by Gasteiger charge is 2.29. The van der Waals surface area contributed by atoms with Crippen molar-refractivity contribution in [1.29, 1.82) is 0 Å². The molecule has 112 valence electrons. The molecule has 1 aliphatic rings. The van der Waals surface area contributed by atoms with E-state index in [0.29, 0.717) is 11.8 Å². The molecule has 1 heterocycles. The minimum absolute atomic E-state index is 0.246. The number of fused-ring (bicyclic) bond motifs is 1. The van der Waals surface area contributed by atoms with Crippen LogP contribution < -0.4 is 5.32 Å². The Bertz CT molecular complexity index is 626. The monoisotopic (exact) mass is 284 g/mol.